The molecule has 0 amide bonds. The quantitative estimate of drug-likeness (QED) is 0.839. The standard InChI is InChI=1S/C14H27NOS2/c1-3-13-14(18-9-8-17-13)12(15-2)10-11-4-6-16-7-5-11/h11-15H,3-10H2,1-2H3. The van der Waals surface area contributed by atoms with Crippen molar-refractivity contribution in [2.75, 3.05) is 31.8 Å². The van der Waals surface area contributed by atoms with E-state index < -0.39 is 0 Å². The molecule has 0 spiro atoms. The molecular formula is C14H27NOS2. The van der Waals surface area contributed by atoms with Gasteiger partial charge in [-0.05, 0) is 38.6 Å². The Morgan fingerprint density at radius 3 is 2.61 bits per heavy atom. The van der Waals surface area contributed by atoms with E-state index in [1.807, 2.05) is 0 Å². The van der Waals surface area contributed by atoms with Gasteiger partial charge in [0.1, 0.15) is 0 Å². The molecule has 4 heteroatoms. The lowest BCUT2D eigenvalue weighted by molar-refractivity contribution is 0.0607. The summed E-state index contributed by atoms with van der Waals surface area (Å²) in [6, 6.07) is 0.691. The maximum Gasteiger partial charge on any atom is 0.0468 e. The van der Waals surface area contributed by atoms with E-state index in [1.165, 1.54) is 37.2 Å². The second-order valence-corrected chi connectivity index (χ2v) is 7.97. The average Bonchev–Trinajstić information content (AvgIpc) is 2.46. The zero-order chi connectivity index (χ0) is 12.8. The normalized spacial score (nSPS) is 32.3. The fourth-order valence-electron chi connectivity index (χ4n) is 3.07. The van der Waals surface area contributed by atoms with Crippen LogP contribution in [0.3, 0.4) is 0 Å². The van der Waals surface area contributed by atoms with Crippen LogP contribution < -0.4 is 5.32 Å². The van der Waals surface area contributed by atoms with Gasteiger partial charge in [0.2, 0.25) is 0 Å². The summed E-state index contributed by atoms with van der Waals surface area (Å²) in [6.45, 7) is 4.30. The molecule has 18 heavy (non-hydrogen) atoms. The molecule has 0 bridgehead atoms. The van der Waals surface area contributed by atoms with Gasteiger partial charge in [0.15, 0.2) is 0 Å². The van der Waals surface area contributed by atoms with Gasteiger partial charge in [0.25, 0.3) is 0 Å². The molecule has 2 nitrogen and oxygen atoms in total. The second-order valence-electron chi connectivity index (χ2n) is 5.34. The molecule has 2 aliphatic heterocycles. The zero-order valence-corrected chi connectivity index (χ0v) is 13.3. The molecule has 2 heterocycles. The van der Waals surface area contributed by atoms with Gasteiger partial charge in [0, 0.05) is 41.3 Å². The summed E-state index contributed by atoms with van der Waals surface area (Å²) in [4.78, 5) is 0. The van der Waals surface area contributed by atoms with Crippen molar-refractivity contribution < 1.29 is 4.74 Å². The van der Waals surface area contributed by atoms with Crippen LogP contribution in [0.2, 0.25) is 0 Å². The first-order chi connectivity index (χ1) is 8.85. The molecule has 3 unspecified atom stereocenters. The van der Waals surface area contributed by atoms with Crippen molar-refractivity contribution in [3.05, 3.63) is 0 Å². The van der Waals surface area contributed by atoms with E-state index in [9.17, 15) is 0 Å². The van der Waals surface area contributed by atoms with Crippen molar-refractivity contribution in [3.8, 4) is 0 Å². The van der Waals surface area contributed by atoms with E-state index in [0.29, 0.717) is 6.04 Å². The molecule has 0 aromatic heterocycles. The van der Waals surface area contributed by atoms with Crippen LogP contribution in [0.1, 0.15) is 32.6 Å². The first-order valence-electron chi connectivity index (χ1n) is 7.33. The molecule has 0 aromatic rings. The predicted molar refractivity (Wildman–Crippen MR) is 83.8 cm³/mol. The van der Waals surface area contributed by atoms with Crippen LogP contribution in [0.15, 0.2) is 0 Å². The fourth-order valence-corrected chi connectivity index (χ4v) is 6.39. The molecule has 2 rings (SSSR count). The Hall–Kier alpha value is 0.620. The van der Waals surface area contributed by atoms with Gasteiger partial charge in [-0.25, -0.2) is 0 Å². The monoisotopic (exact) mass is 289 g/mol. The van der Waals surface area contributed by atoms with Crippen molar-refractivity contribution in [2.45, 2.75) is 49.1 Å². The zero-order valence-electron chi connectivity index (χ0n) is 11.7. The van der Waals surface area contributed by atoms with E-state index in [0.717, 1.165) is 29.6 Å². The third kappa shape index (κ3) is 4.06. The third-order valence-corrected chi connectivity index (χ3v) is 7.60. The first-order valence-corrected chi connectivity index (χ1v) is 9.43. The van der Waals surface area contributed by atoms with Gasteiger partial charge in [-0.3, -0.25) is 0 Å². The summed E-state index contributed by atoms with van der Waals surface area (Å²) < 4.78 is 5.47. The number of hydrogen-bond acceptors (Lipinski definition) is 4. The van der Waals surface area contributed by atoms with Crippen molar-refractivity contribution in [3.63, 3.8) is 0 Å². The predicted octanol–water partition coefficient (Wildman–Crippen LogP) is 3.02. The number of thioether (sulfide) groups is 2. The Labute approximate surface area is 120 Å². The van der Waals surface area contributed by atoms with Crippen molar-refractivity contribution in [1.82, 2.24) is 5.32 Å². The van der Waals surface area contributed by atoms with Crippen molar-refractivity contribution in [1.29, 1.82) is 0 Å². The van der Waals surface area contributed by atoms with E-state index in [2.05, 4.69) is 42.8 Å². The van der Waals surface area contributed by atoms with Gasteiger partial charge < -0.3 is 10.1 Å². The smallest absolute Gasteiger partial charge is 0.0468 e. The highest BCUT2D eigenvalue weighted by molar-refractivity contribution is 8.07. The summed E-state index contributed by atoms with van der Waals surface area (Å²) in [6.07, 6.45) is 5.18. The number of rotatable bonds is 5. The molecule has 2 saturated heterocycles. The highest BCUT2D eigenvalue weighted by atomic mass is 32.2. The highest BCUT2D eigenvalue weighted by Crippen LogP contribution is 2.37. The van der Waals surface area contributed by atoms with Crippen LogP contribution in [-0.2, 0) is 4.74 Å². The lowest BCUT2D eigenvalue weighted by atomic mass is 9.90. The average molecular weight is 290 g/mol. The van der Waals surface area contributed by atoms with E-state index in [4.69, 9.17) is 4.74 Å². The van der Waals surface area contributed by atoms with Gasteiger partial charge in [-0.2, -0.15) is 23.5 Å². The molecule has 3 atom stereocenters. The van der Waals surface area contributed by atoms with Gasteiger partial charge in [-0.15, -0.1) is 0 Å². The Kier molecular flexibility index (Phi) is 6.70. The van der Waals surface area contributed by atoms with E-state index >= 15 is 0 Å². The van der Waals surface area contributed by atoms with Crippen LogP contribution >= 0.6 is 23.5 Å². The first kappa shape index (κ1) is 15.0. The van der Waals surface area contributed by atoms with E-state index in [1.54, 1.807) is 0 Å². The number of hydrogen-bond donors (Lipinski definition) is 1. The minimum atomic E-state index is 0.691. The molecule has 106 valence electrons. The van der Waals surface area contributed by atoms with Gasteiger partial charge in [0.05, 0.1) is 0 Å². The minimum Gasteiger partial charge on any atom is -0.381 e. The maximum absolute atomic E-state index is 5.47. The molecule has 0 saturated carbocycles. The van der Waals surface area contributed by atoms with Gasteiger partial charge >= 0.3 is 0 Å². The minimum absolute atomic E-state index is 0.691. The van der Waals surface area contributed by atoms with Crippen molar-refractivity contribution in [2.24, 2.45) is 5.92 Å². The molecule has 0 aliphatic carbocycles. The second kappa shape index (κ2) is 8.03. The Balaban J connectivity index is 1.89. The molecule has 2 aliphatic rings. The van der Waals surface area contributed by atoms with Crippen LogP contribution in [0, 0.1) is 5.92 Å². The summed E-state index contributed by atoms with van der Waals surface area (Å²) in [5, 5.41) is 5.26. The number of ether oxygens (including phenoxy) is 1. The largest absolute Gasteiger partial charge is 0.381 e. The molecule has 0 radical (unpaired) electrons. The summed E-state index contributed by atoms with van der Waals surface area (Å²) in [7, 11) is 2.15. The van der Waals surface area contributed by atoms with Crippen LogP contribution in [-0.4, -0.2) is 48.3 Å². The Morgan fingerprint density at radius 1 is 1.22 bits per heavy atom. The molecule has 2 fully saturated rings. The van der Waals surface area contributed by atoms with E-state index in [-0.39, 0.29) is 0 Å². The molecule has 0 aromatic carbocycles. The maximum atomic E-state index is 5.47. The lowest BCUT2D eigenvalue weighted by Gasteiger charge is -2.38. The SMILES string of the molecule is CCC1SCCSC1C(CC1CCOCC1)NC. The Morgan fingerprint density at radius 2 is 1.94 bits per heavy atom. The van der Waals surface area contributed by atoms with Gasteiger partial charge in [-0.1, -0.05) is 6.92 Å². The topological polar surface area (TPSA) is 21.3 Å². The fraction of sp³-hybridized carbons (Fsp3) is 1.00. The van der Waals surface area contributed by atoms with Crippen LogP contribution in [0.25, 0.3) is 0 Å². The Bertz CT molecular complexity index is 234. The van der Waals surface area contributed by atoms with Crippen LogP contribution in [0.4, 0.5) is 0 Å². The highest BCUT2D eigenvalue weighted by Gasteiger charge is 2.32. The summed E-state index contributed by atoms with van der Waals surface area (Å²) >= 11 is 4.39. The number of nitrogens with one attached hydrogen (secondary N) is 1. The third-order valence-electron chi connectivity index (χ3n) is 4.19. The lowest BCUT2D eigenvalue weighted by Crippen LogP contribution is -2.45. The van der Waals surface area contributed by atoms with Crippen molar-refractivity contribution >= 4 is 23.5 Å². The summed E-state index contributed by atoms with van der Waals surface area (Å²) in [5.74, 6) is 3.55. The molecular weight excluding hydrogens is 262 g/mol. The van der Waals surface area contributed by atoms with Crippen LogP contribution in [0.5, 0.6) is 0 Å². The summed E-state index contributed by atoms with van der Waals surface area (Å²) in [5.41, 5.74) is 0. The molecule has 1 N–H and O–H groups in total.